The average Bonchev–Trinajstić information content (AvgIpc) is 2.38. The van der Waals surface area contributed by atoms with E-state index in [0.717, 1.165) is 18.2 Å². The van der Waals surface area contributed by atoms with E-state index in [1.165, 1.54) is 13.2 Å². The minimum atomic E-state index is -1.21. The smallest absolute Gasteiger partial charge is 0.331 e. The van der Waals surface area contributed by atoms with Crippen molar-refractivity contribution in [3.05, 3.63) is 34.8 Å². The van der Waals surface area contributed by atoms with E-state index in [9.17, 15) is 14.0 Å². The summed E-state index contributed by atoms with van der Waals surface area (Å²) in [6, 6.07) is 2.01. The first-order valence-corrected chi connectivity index (χ1v) is 5.53. The Morgan fingerprint density at radius 2 is 2.30 bits per heavy atom. The van der Waals surface area contributed by atoms with E-state index in [1.54, 1.807) is 0 Å². The molecule has 1 rings (SSSR count). The molecule has 0 amide bonds. The zero-order valence-corrected chi connectivity index (χ0v) is 11.0. The third-order valence-corrected chi connectivity index (χ3v) is 2.38. The molecular formula is C12H9ClFNO5. The number of methoxy groups -OCH3 is 1. The van der Waals surface area contributed by atoms with Gasteiger partial charge in [0.25, 0.3) is 0 Å². The number of carbonyl (C=O) groups excluding carboxylic acids is 1. The number of rotatable bonds is 6. The molecule has 6 nitrogen and oxygen atoms in total. The Kier molecular flexibility index (Phi) is 5.71. The van der Waals surface area contributed by atoms with Gasteiger partial charge in [0.2, 0.25) is 6.08 Å². The van der Waals surface area contributed by atoms with E-state index in [0.29, 0.717) is 0 Å². The van der Waals surface area contributed by atoms with Crippen LogP contribution in [0.3, 0.4) is 0 Å². The lowest BCUT2D eigenvalue weighted by Crippen LogP contribution is -2.06. The Hall–Kier alpha value is -2.37. The number of isocyanates is 1. The molecule has 1 aromatic carbocycles. The molecule has 106 valence electrons. The van der Waals surface area contributed by atoms with Crippen LogP contribution in [0.15, 0.2) is 29.0 Å². The van der Waals surface area contributed by atoms with E-state index in [4.69, 9.17) is 26.2 Å². The van der Waals surface area contributed by atoms with Crippen LogP contribution in [0.2, 0.25) is 5.02 Å². The van der Waals surface area contributed by atoms with Crippen molar-refractivity contribution in [3.63, 3.8) is 0 Å². The van der Waals surface area contributed by atoms with Gasteiger partial charge in [-0.05, 0) is 6.07 Å². The minimum Gasteiger partial charge on any atom is -0.497 e. The van der Waals surface area contributed by atoms with Crippen LogP contribution in [-0.2, 0) is 14.3 Å². The number of benzene rings is 1. The van der Waals surface area contributed by atoms with Gasteiger partial charge in [-0.25, -0.2) is 14.0 Å². The van der Waals surface area contributed by atoms with Crippen molar-refractivity contribution in [2.45, 2.75) is 0 Å². The van der Waals surface area contributed by atoms with Crippen LogP contribution < -0.4 is 4.74 Å². The third kappa shape index (κ3) is 4.38. The number of carboxylic acid groups (broad SMARTS) is 1. The second kappa shape index (κ2) is 7.28. The summed E-state index contributed by atoms with van der Waals surface area (Å²) in [5, 5.41) is 8.51. The number of ether oxygens (including phenoxy) is 2. The number of hydrogen-bond acceptors (Lipinski definition) is 5. The molecule has 0 spiro atoms. The molecule has 0 saturated carbocycles. The number of halogens is 2. The predicted molar refractivity (Wildman–Crippen MR) is 67.4 cm³/mol. The Bertz CT molecular complexity index is 596. The van der Waals surface area contributed by atoms with Gasteiger partial charge in [-0.1, -0.05) is 11.6 Å². The fourth-order valence-corrected chi connectivity index (χ4v) is 1.41. The van der Waals surface area contributed by atoms with E-state index >= 15 is 0 Å². The average molecular weight is 302 g/mol. The Balaban J connectivity index is 2.95. The topological polar surface area (TPSA) is 85.2 Å². The van der Waals surface area contributed by atoms with E-state index in [-0.39, 0.29) is 28.8 Å². The lowest BCUT2D eigenvalue weighted by atomic mass is 10.3. The Labute approximate surface area is 118 Å². The minimum absolute atomic E-state index is 0.0235. The summed E-state index contributed by atoms with van der Waals surface area (Å²) in [6.07, 6.45) is 2.00. The maximum atomic E-state index is 13.3. The maximum absolute atomic E-state index is 13.3. The number of carboxylic acids is 1. The van der Waals surface area contributed by atoms with Gasteiger partial charge in [-0.2, -0.15) is 4.99 Å². The molecule has 0 aliphatic carbocycles. The summed E-state index contributed by atoms with van der Waals surface area (Å²) in [5.41, 5.74) is -0.291. The summed E-state index contributed by atoms with van der Waals surface area (Å²) in [7, 11) is 1.27. The van der Waals surface area contributed by atoms with Crippen LogP contribution in [0.25, 0.3) is 0 Å². The molecule has 20 heavy (non-hydrogen) atoms. The molecule has 0 bridgehead atoms. The summed E-state index contributed by atoms with van der Waals surface area (Å²) in [5.74, 6) is -1.96. The second-order valence-corrected chi connectivity index (χ2v) is 3.79. The first kappa shape index (κ1) is 15.7. The van der Waals surface area contributed by atoms with Gasteiger partial charge in [0.1, 0.15) is 23.8 Å². The van der Waals surface area contributed by atoms with Crippen molar-refractivity contribution in [1.82, 2.24) is 0 Å². The van der Waals surface area contributed by atoms with Crippen LogP contribution in [0.4, 0.5) is 10.1 Å². The highest BCUT2D eigenvalue weighted by Crippen LogP contribution is 2.32. The van der Waals surface area contributed by atoms with Gasteiger partial charge in [-0.15, -0.1) is 0 Å². The highest BCUT2D eigenvalue weighted by Gasteiger charge is 2.11. The molecule has 8 heteroatoms. The van der Waals surface area contributed by atoms with Crippen LogP contribution in [0.5, 0.6) is 5.75 Å². The fourth-order valence-electron chi connectivity index (χ4n) is 1.21. The quantitative estimate of drug-likeness (QED) is 0.377. The van der Waals surface area contributed by atoms with Crippen molar-refractivity contribution >= 4 is 29.3 Å². The van der Waals surface area contributed by atoms with E-state index < -0.39 is 11.8 Å². The van der Waals surface area contributed by atoms with Crippen molar-refractivity contribution in [3.8, 4) is 5.75 Å². The summed E-state index contributed by atoms with van der Waals surface area (Å²) in [4.78, 5) is 23.8. The fraction of sp³-hybridized carbons (Fsp3) is 0.167. The Morgan fingerprint density at radius 1 is 1.60 bits per heavy atom. The van der Waals surface area contributed by atoms with Crippen LogP contribution in [0.1, 0.15) is 0 Å². The van der Waals surface area contributed by atoms with Gasteiger partial charge >= 0.3 is 5.97 Å². The summed E-state index contributed by atoms with van der Waals surface area (Å²) >= 11 is 5.75. The van der Waals surface area contributed by atoms with Gasteiger partial charge in [0, 0.05) is 6.07 Å². The molecule has 0 aromatic heterocycles. The number of hydrogen-bond donors (Lipinski definition) is 1. The maximum Gasteiger partial charge on any atom is 0.331 e. The molecular weight excluding hydrogens is 293 g/mol. The largest absolute Gasteiger partial charge is 0.497 e. The number of aliphatic imine (C=N–C) groups is 1. The van der Waals surface area contributed by atoms with Crippen molar-refractivity contribution in [1.29, 1.82) is 0 Å². The molecule has 0 aliphatic rings. The molecule has 0 radical (unpaired) electrons. The monoisotopic (exact) mass is 301 g/mol. The SMILES string of the molecule is COC(=CC(=O)O)COc1cc(N=C=O)c(F)cc1Cl. The van der Waals surface area contributed by atoms with Crippen molar-refractivity contribution in [2.24, 2.45) is 4.99 Å². The van der Waals surface area contributed by atoms with Crippen molar-refractivity contribution < 1.29 is 28.6 Å². The summed E-state index contributed by atoms with van der Waals surface area (Å²) < 4.78 is 23.3. The lowest BCUT2D eigenvalue weighted by Gasteiger charge is -2.10. The summed E-state index contributed by atoms with van der Waals surface area (Å²) in [6.45, 7) is -0.238. The van der Waals surface area contributed by atoms with Crippen LogP contribution in [-0.4, -0.2) is 30.9 Å². The molecule has 1 N–H and O–H groups in total. The lowest BCUT2D eigenvalue weighted by molar-refractivity contribution is -0.131. The Morgan fingerprint density at radius 3 is 2.85 bits per heavy atom. The second-order valence-electron chi connectivity index (χ2n) is 3.38. The highest BCUT2D eigenvalue weighted by atomic mass is 35.5. The molecule has 0 heterocycles. The van der Waals surface area contributed by atoms with Gasteiger partial charge in [-0.3, -0.25) is 0 Å². The van der Waals surface area contributed by atoms with Crippen LogP contribution >= 0.6 is 11.6 Å². The third-order valence-electron chi connectivity index (χ3n) is 2.08. The molecule has 0 aliphatic heterocycles. The molecule has 0 unspecified atom stereocenters. The zero-order valence-electron chi connectivity index (χ0n) is 10.2. The van der Waals surface area contributed by atoms with E-state index in [2.05, 4.69) is 4.99 Å². The standard InChI is InChI=1S/C12H9ClFNO5/c1-19-7(2-12(17)18)5-20-11-4-10(15-6-16)9(14)3-8(11)13/h2-4H,5H2,1H3,(H,17,18). The first-order valence-electron chi connectivity index (χ1n) is 5.15. The van der Waals surface area contributed by atoms with Gasteiger partial charge < -0.3 is 14.6 Å². The normalized spacial score (nSPS) is 10.7. The predicted octanol–water partition coefficient (Wildman–Crippen LogP) is 2.44. The van der Waals surface area contributed by atoms with Crippen molar-refractivity contribution in [2.75, 3.05) is 13.7 Å². The number of aliphatic carboxylic acids is 1. The van der Waals surface area contributed by atoms with E-state index in [1.807, 2.05) is 0 Å². The van der Waals surface area contributed by atoms with Crippen LogP contribution in [0, 0.1) is 5.82 Å². The molecule has 0 saturated heterocycles. The highest BCUT2D eigenvalue weighted by molar-refractivity contribution is 6.32. The first-order chi connectivity index (χ1) is 9.47. The molecule has 0 fully saturated rings. The number of nitrogens with zero attached hydrogens (tertiary/aromatic N) is 1. The zero-order chi connectivity index (χ0) is 15.1. The van der Waals surface area contributed by atoms with Gasteiger partial charge in [0.15, 0.2) is 5.82 Å². The molecule has 1 aromatic rings. The molecule has 0 atom stereocenters. The van der Waals surface area contributed by atoms with Gasteiger partial charge in [0.05, 0.1) is 18.2 Å². The number of carbonyl (C=O) groups is 1.